The number of nitriles is 1. The average Bonchev–Trinajstić information content (AvgIpc) is 2.45. The molecule has 0 radical (unpaired) electrons. The first-order valence-corrected chi connectivity index (χ1v) is 7.33. The van der Waals surface area contributed by atoms with Crippen LogP contribution in [0.5, 0.6) is 0 Å². The molecule has 2 N–H and O–H groups in total. The van der Waals surface area contributed by atoms with E-state index in [0.717, 1.165) is 25.8 Å². The first kappa shape index (κ1) is 19.0. The molecule has 0 rings (SSSR count). The molecule has 0 saturated heterocycles. The summed E-state index contributed by atoms with van der Waals surface area (Å²) in [6, 6.07) is 1.91. The minimum atomic E-state index is -0.802. The van der Waals surface area contributed by atoms with E-state index >= 15 is 0 Å². The van der Waals surface area contributed by atoms with Crippen LogP contribution in [0.25, 0.3) is 0 Å². The molecule has 0 heterocycles. The van der Waals surface area contributed by atoms with Gasteiger partial charge in [-0.05, 0) is 19.3 Å². The number of carbonyl (C=O) groups is 2. The summed E-state index contributed by atoms with van der Waals surface area (Å²) < 4.78 is 0. The lowest BCUT2D eigenvalue weighted by Crippen LogP contribution is -2.27. The predicted molar refractivity (Wildman–Crippen MR) is 80.3 cm³/mol. The third kappa shape index (κ3) is 10.4. The number of carbonyl (C=O) groups excluding carboxylic acids is 1. The highest BCUT2D eigenvalue weighted by Crippen LogP contribution is 2.01. The summed E-state index contributed by atoms with van der Waals surface area (Å²) in [5.41, 5.74) is 0.0964. The van der Waals surface area contributed by atoms with Gasteiger partial charge in [-0.1, -0.05) is 19.8 Å². The number of carboxylic acid groups (broad SMARTS) is 1. The molecule has 0 aromatic carbocycles. The number of hydrogen-bond donors (Lipinski definition) is 2. The third-order valence-corrected chi connectivity index (χ3v) is 2.93. The summed E-state index contributed by atoms with van der Waals surface area (Å²) >= 11 is 0. The molecule has 21 heavy (non-hydrogen) atoms. The fourth-order valence-corrected chi connectivity index (χ4v) is 1.71. The SMILES string of the molecule is CCCCN(C)/C=C(/C#N)C(=O)NCCCCCC(=O)O. The Balaban J connectivity index is 4.03. The molecular formula is C15H25N3O3. The Kier molecular flexibility index (Phi) is 10.6. The summed E-state index contributed by atoms with van der Waals surface area (Å²) in [5, 5.41) is 20.2. The molecule has 118 valence electrons. The Morgan fingerprint density at radius 3 is 2.57 bits per heavy atom. The Morgan fingerprint density at radius 1 is 1.29 bits per heavy atom. The van der Waals surface area contributed by atoms with Crippen molar-refractivity contribution in [3.05, 3.63) is 11.8 Å². The van der Waals surface area contributed by atoms with Crippen LogP contribution in [0, 0.1) is 11.3 Å². The molecule has 0 unspecified atom stereocenters. The van der Waals surface area contributed by atoms with Crippen LogP contribution in [0.4, 0.5) is 0 Å². The van der Waals surface area contributed by atoms with E-state index in [2.05, 4.69) is 12.2 Å². The van der Waals surface area contributed by atoms with Gasteiger partial charge in [0.25, 0.3) is 5.91 Å². The zero-order valence-corrected chi connectivity index (χ0v) is 12.9. The minimum Gasteiger partial charge on any atom is -0.481 e. The van der Waals surface area contributed by atoms with E-state index in [1.54, 1.807) is 6.20 Å². The van der Waals surface area contributed by atoms with Crippen molar-refractivity contribution in [1.29, 1.82) is 5.26 Å². The number of aliphatic carboxylic acids is 1. The molecule has 6 nitrogen and oxygen atoms in total. The number of nitrogens with zero attached hydrogens (tertiary/aromatic N) is 2. The molecule has 0 aliphatic rings. The van der Waals surface area contributed by atoms with Crippen molar-refractivity contribution in [2.75, 3.05) is 20.1 Å². The van der Waals surface area contributed by atoms with Gasteiger partial charge in [0.1, 0.15) is 11.6 Å². The molecule has 0 aromatic heterocycles. The van der Waals surface area contributed by atoms with Gasteiger partial charge in [-0.15, -0.1) is 0 Å². The van der Waals surface area contributed by atoms with E-state index in [4.69, 9.17) is 10.4 Å². The first-order valence-electron chi connectivity index (χ1n) is 7.33. The molecule has 0 spiro atoms. The van der Waals surface area contributed by atoms with E-state index in [0.29, 0.717) is 19.4 Å². The highest BCUT2D eigenvalue weighted by atomic mass is 16.4. The van der Waals surface area contributed by atoms with Crippen LogP contribution in [0.1, 0.15) is 45.4 Å². The zero-order valence-electron chi connectivity index (χ0n) is 12.9. The van der Waals surface area contributed by atoms with Crippen LogP contribution in [0.2, 0.25) is 0 Å². The summed E-state index contributed by atoms with van der Waals surface area (Å²) in [6.45, 7) is 3.35. The van der Waals surface area contributed by atoms with Gasteiger partial charge in [0.05, 0.1) is 0 Å². The summed E-state index contributed by atoms with van der Waals surface area (Å²) in [5.74, 6) is -1.18. The highest BCUT2D eigenvalue weighted by molar-refractivity contribution is 5.97. The molecule has 0 atom stereocenters. The van der Waals surface area contributed by atoms with Crippen molar-refractivity contribution in [2.24, 2.45) is 0 Å². The van der Waals surface area contributed by atoms with Gasteiger partial charge in [0.2, 0.25) is 0 Å². The lowest BCUT2D eigenvalue weighted by molar-refractivity contribution is -0.137. The molecule has 0 aliphatic heterocycles. The molecule has 6 heteroatoms. The monoisotopic (exact) mass is 295 g/mol. The Labute approximate surface area is 126 Å². The molecule has 0 bridgehead atoms. The first-order chi connectivity index (χ1) is 10.0. The van der Waals surface area contributed by atoms with Crippen molar-refractivity contribution >= 4 is 11.9 Å². The molecule has 0 aromatic rings. The second-order valence-corrected chi connectivity index (χ2v) is 4.95. The van der Waals surface area contributed by atoms with Crippen LogP contribution < -0.4 is 5.32 Å². The quantitative estimate of drug-likeness (QED) is 0.345. The number of nitrogens with one attached hydrogen (secondary N) is 1. The normalized spacial score (nSPS) is 10.8. The Morgan fingerprint density at radius 2 is 2.00 bits per heavy atom. The number of carboxylic acids is 1. The van der Waals surface area contributed by atoms with Gasteiger partial charge < -0.3 is 15.3 Å². The van der Waals surface area contributed by atoms with Crippen molar-refractivity contribution in [2.45, 2.75) is 45.4 Å². The van der Waals surface area contributed by atoms with Gasteiger partial charge in [0, 0.05) is 32.8 Å². The number of amides is 1. The molecule has 0 fully saturated rings. The lowest BCUT2D eigenvalue weighted by Gasteiger charge is -2.13. The fraction of sp³-hybridized carbons (Fsp3) is 0.667. The lowest BCUT2D eigenvalue weighted by atomic mass is 10.2. The number of hydrogen-bond acceptors (Lipinski definition) is 4. The zero-order chi connectivity index (χ0) is 16.1. The number of rotatable bonds is 11. The van der Waals surface area contributed by atoms with E-state index in [1.165, 1.54) is 0 Å². The van der Waals surface area contributed by atoms with E-state index < -0.39 is 5.97 Å². The summed E-state index contributed by atoms with van der Waals surface area (Å²) in [7, 11) is 1.84. The number of unbranched alkanes of at least 4 members (excludes halogenated alkanes) is 3. The highest BCUT2D eigenvalue weighted by Gasteiger charge is 2.09. The Hall–Kier alpha value is -2.03. The second kappa shape index (κ2) is 11.8. The van der Waals surface area contributed by atoms with Gasteiger partial charge in [0.15, 0.2) is 0 Å². The molecule has 0 saturated carbocycles. The van der Waals surface area contributed by atoms with Crippen LogP contribution in [0.3, 0.4) is 0 Å². The van der Waals surface area contributed by atoms with E-state index in [9.17, 15) is 9.59 Å². The average molecular weight is 295 g/mol. The maximum Gasteiger partial charge on any atom is 0.303 e. The maximum absolute atomic E-state index is 11.8. The largest absolute Gasteiger partial charge is 0.481 e. The van der Waals surface area contributed by atoms with Gasteiger partial charge in [-0.25, -0.2) is 0 Å². The molecular weight excluding hydrogens is 270 g/mol. The van der Waals surface area contributed by atoms with Crippen LogP contribution >= 0.6 is 0 Å². The van der Waals surface area contributed by atoms with Crippen molar-refractivity contribution < 1.29 is 14.7 Å². The van der Waals surface area contributed by atoms with Crippen molar-refractivity contribution in [1.82, 2.24) is 10.2 Å². The smallest absolute Gasteiger partial charge is 0.303 e. The second-order valence-electron chi connectivity index (χ2n) is 4.95. The summed E-state index contributed by atoms with van der Waals surface area (Å²) in [6.07, 6.45) is 5.85. The standard InChI is InChI=1S/C15H25N3O3/c1-3-4-10-18(2)12-13(11-16)15(21)17-9-7-5-6-8-14(19)20/h12H,3-10H2,1-2H3,(H,17,21)(H,19,20)/b13-12-. The van der Waals surface area contributed by atoms with Crippen molar-refractivity contribution in [3.8, 4) is 6.07 Å². The molecule has 1 amide bonds. The Bertz CT molecular complexity index is 399. The predicted octanol–water partition coefficient (Wildman–Crippen LogP) is 1.89. The van der Waals surface area contributed by atoms with E-state index in [-0.39, 0.29) is 17.9 Å². The minimum absolute atomic E-state index is 0.0964. The van der Waals surface area contributed by atoms with Crippen LogP contribution in [-0.2, 0) is 9.59 Å². The topological polar surface area (TPSA) is 93.4 Å². The van der Waals surface area contributed by atoms with Crippen molar-refractivity contribution in [3.63, 3.8) is 0 Å². The van der Waals surface area contributed by atoms with Gasteiger partial charge >= 0.3 is 5.97 Å². The third-order valence-electron chi connectivity index (χ3n) is 2.93. The summed E-state index contributed by atoms with van der Waals surface area (Å²) in [4.78, 5) is 24.0. The van der Waals surface area contributed by atoms with Crippen LogP contribution in [0.15, 0.2) is 11.8 Å². The maximum atomic E-state index is 11.8. The fourth-order valence-electron chi connectivity index (χ4n) is 1.71. The molecule has 0 aliphatic carbocycles. The van der Waals surface area contributed by atoms with Crippen LogP contribution in [-0.4, -0.2) is 42.0 Å². The van der Waals surface area contributed by atoms with Gasteiger partial charge in [-0.2, -0.15) is 5.26 Å². The van der Waals surface area contributed by atoms with Gasteiger partial charge in [-0.3, -0.25) is 9.59 Å². The van der Waals surface area contributed by atoms with E-state index in [1.807, 2.05) is 18.0 Å².